The maximum Gasteiger partial charge on any atom is 0.258 e. The highest BCUT2D eigenvalue weighted by Crippen LogP contribution is 2.17. The second kappa shape index (κ2) is 6.33. The first kappa shape index (κ1) is 15.3. The van der Waals surface area contributed by atoms with Crippen LogP contribution in [0.3, 0.4) is 0 Å². The van der Waals surface area contributed by atoms with E-state index in [1.54, 1.807) is 16.7 Å². The summed E-state index contributed by atoms with van der Waals surface area (Å²) in [6.07, 6.45) is 3.64. The molecule has 6 nitrogen and oxygen atoms in total. The van der Waals surface area contributed by atoms with Crippen LogP contribution in [0.1, 0.15) is 11.4 Å². The fourth-order valence-electron chi connectivity index (χ4n) is 3.09. The standard InChI is InChI=1S/C17H19N5OS/c1-13-10-15(2-3-18-13)21-6-4-20(5-7-21)12-14-11-16(23)22-8-9-24-17(22)19-14/h2-3,8-11H,4-7,12H2,1H3. The Bertz CT molecular complexity index is 910. The number of hydrogen-bond acceptors (Lipinski definition) is 6. The van der Waals surface area contributed by atoms with Crippen molar-refractivity contribution in [1.82, 2.24) is 19.3 Å². The predicted octanol–water partition coefficient (Wildman–Crippen LogP) is 1.78. The van der Waals surface area contributed by atoms with Crippen molar-refractivity contribution < 1.29 is 0 Å². The maximum absolute atomic E-state index is 12.1. The molecule has 0 N–H and O–H groups in total. The molecular formula is C17H19N5OS. The van der Waals surface area contributed by atoms with Crippen LogP contribution in [-0.2, 0) is 6.54 Å². The van der Waals surface area contributed by atoms with E-state index in [4.69, 9.17) is 0 Å². The van der Waals surface area contributed by atoms with Gasteiger partial charge in [-0.05, 0) is 19.1 Å². The van der Waals surface area contributed by atoms with Crippen molar-refractivity contribution in [3.8, 4) is 0 Å². The van der Waals surface area contributed by atoms with E-state index in [2.05, 4.69) is 31.9 Å². The monoisotopic (exact) mass is 341 g/mol. The third-order valence-corrected chi connectivity index (χ3v) is 5.12. The van der Waals surface area contributed by atoms with Gasteiger partial charge in [0.05, 0.1) is 5.69 Å². The number of rotatable bonds is 3. The molecule has 0 saturated carbocycles. The van der Waals surface area contributed by atoms with Crippen molar-refractivity contribution in [3.05, 3.63) is 57.7 Å². The molecule has 0 aromatic carbocycles. The quantitative estimate of drug-likeness (QED) is 0.727. The van der Waals surface area contributed by atoms with Gasteiger partial charge in [-0.3, -0.25) is 19.1 Å². The third kappa shape index (κ3) is 3.05. The summed E-state index contributed by atoms with van der Waals surface area (Å²) in [7, 11) is 0. The number of nitrogens with zero attached hydrogens (tertiary/aromatic N) is 5. The molecule has 1 saturated heterocycles. The van der Waals surface area contributed by atoms with E-state index in [0.29, 0.717) is 0 Å². The number of hydrogen-bond donors (Lipinski definition) is 0. The van der Waals surface area contributed by atoms with Crippen LogP contribution in [0.2, 0.25) is 0 Å². The van der Waals surface area contributed by atoms with E-state index in [1.165, 1.54) is 17.0 Å². The second-order valence-electron chi connectivity index (χ2n) is 6.06. The van der Waals surface area contributed by atoms with Crippen LogP contribution in [-0.4, -0.2) is 45.4 Å². The van der Waals surface area contributed by atoms with Gasteiger partial charge in [-0.15, -0.1) is 11.3 Å². The van der Waals surface area contributed by atoms with Crippen molar-refractivity contribution in [2.24, 2.45) is 0 Å². The molecule has 7 heteroatoms. The number of thiazole rings is 1. The smallest absolute Gasteiger partial charge is 0.258 e. The van der Waals surface area contributed by atoms with E-state index < -0.39 is 0 Å². The number of fused-ring (bicyclic) bond motifs is 1. The van der Waals surface area contributed by atoms with Crippen LogP contribution in [0.15, 0.2) is 40.8 Å². The normalized spacial score (nSPS) is 16.0. The minimum Gasteiger partial charge on any atom is -0.369 e. The summed E-state index contributed by atoms with van der Waals surface area (Å²) >= 11 is 1.50. The summed E-state index contributed by atoms with van der Waals surface area (Å²) in [6, 6.07) is 5.84. The predicted molar refractivity (Wildman–Crippen MR) is 95.8 cm³/mol. The summed E-state index contributed by atoms with van der Waals surface area (Å²) in [6.45, 7) is 6.63. The Morgan fingerprint density at radius 2 is 2.04 bits per heavy atom. The average molecular weight is 341 g/mol. The van der Waals surface area contributed by atoms with E-state index in [0.717, 1.165) is 49.1 Å². The Morgan fingerprint density at radius 3 is 2.83 bits per heavy atom. The topological polar surface area (TPSA) is 53.7 Å². The lowest BCUT2D eigenvalue weighted by molar-refractivity contribution is 0.247. The van der Waals surface area contributed by atoms with Gasteiger partial charge in [-0.1, -0.05) is 0 Å². The molecule has 1 aliphatic rings. The third-order valence-electron chi connectivity index (χ3n) is 4.36. The van der Waals surface area contributed by atoms with Crippen molar-refractivity contribution in [1.29, 1.82) is 0 Å². The highest BCUT2D eigenvalue weighted by molar-refractivity contribution is 7.15. The number of aryl methyl sites for hydroxylation is 1. The van der Waals surface area contributed by atoms with Crippen LogP contribution in [0.5, 0.6) is 0 Å². The number of pyridine rings is 1. The van der Waals surface area contributed by atoms with Gasteiger partial charge in [0.15, 0.2) is 4.96 Å². The molecule has 0 radical (unpaired) electrons. The first-order chi connectivity index (χ1) is 11.7. The van der Waals surface area contributed by atoms with Crippen LogP contribution < -0.4 is 10.5 Å². The Balaban J connectivity index is 1.43. The summed E-state index contributed by atoms with van der Waals surface area (Å²) in [4.78, 5) is 26.4. The van der Waals surface area contributed by atoms with Gasteiger partial charge in [0.25, 0.3) is 5.56 Å². The Hall–Kier alpha value is -2.25. The average Bonchev–Trinajstić information content (AvgIpc) is 3.05. The van der Waals surface area contributed by atoms with E-state index >= 15 is 0 Å². The number of anilines is 1. The van der Waals surface area contributed by atoms with E-state index in [-0.39, 0.29) is 5.56 Å². The van der Waals surface area contributed by atoms with Gasteiger partial charge in [0.1, 0.15) is 0 Å². The molecule has 0 spiro atoms. The van der Waals surface area contributed by atoms with Crippen molar-refractivity contribution >= 4 is 22.0 Å². The lowest BCUT2D eigenvalue weighted by Crippen LogP contribution is -2.46. The molecule has 1 aliphatic heterocycles. The van der Waals surface area contributed by atoms with Crippen molar-refractivity contribution in [2.45, 2.75) is 13.5 Å². The van der Waals surface area contributed by atoms with Gasteiger partial charge in [0.2, 0.25) is 0 Å². The molecule has 1 fully saturated rings. The molecule has 124 valence electrons. The molecular weight excluding hydrogens is 322 g/mol. The SMILES string of the molecule is Cc1cc(N2CCN(Cc3cc(=O)n4ccsc4n3)CC2)ccn1. The van der Waals surface area contributed by atoms with Gasteiger partial charge in [0, 0.05) is 67.9 Å². The van der Waals surface area contributed by atoms with Crippen LogP contribution >= 0.6 is 11.3 Å². The number of piperazine rings is 1. The Morgan fingerprint density at radius 1 is 1.21 bits per heavy atom. The molecule has 0 unspecified atom stereocenters. The van der Waals surface area contributed by atoms with Gasteiger partial charge in [-0.25, -0.2) is 4.98 Å². The Kier molecular flexibility index (Phi) is 4.03. The minimum absolute atomic E-state index is 0.00199. The first-order valence-electron chi connectivity index (χ1n) is 8.05. The minimum atomic E-state index is 0.00199. The molecule has 4 heterocycles. The van der Waals surface area contributed by atoms with Gasteiger partial charge >= 0.3 is 0 Å². The summed E-state index contributed by atoms with van der Waals surface area (Å²) < 4.78 is 1.60. The summed E-state index contributed by atoms with van der Waals surface area (Å²) in [5.74, 6) is 0. The highest BCUT2D eigenvalue weighted by atomic mass is 32.1. The van der Waals surface area contributed by atoms with Gasteiger partial charge in [-0.2, -0.15) is 0 Å². The highest BCUT2D eigenvalue weighted by Gasteiger charge is 2.18. The summed E-state index contributed by atoms with van der Waals surface area (Å²) in [5.41, 5.74) is 3.14. The number of aromatic nitrogens is 3. The van der Waals surface area contributed by atoms with Crippen molar-refractivity contribution in [2.75, 3.05) is 31.1 Å². The van der Waals surface area contributed by atoms with Crippen LogP contribution in [0, 0.1) is 6.92 Å². The zero-order chi connectivity index (χ0) is 16.5. The van der Waals surface area contributed by atoms with Crippen LogP contribution in [0.4, 0.5) is 5.69 Å². The fourth-order valence-corrected chi connectivity index (χ4v) is 3.83. The molecule has 0 amide bonds. The molecule has 0 atom stereocenters. The molecule has 24 heavy (non-hydrogen) atoms. The molecule has 3 aromatic rings. The molecule has 3 aromatic heterocycles. The lowest BCUT2D eigenvalue weighted by atomic mass is 10.2. The lowest BCUT2D eigenvalue weighted by Gasteiger charge is -2.36. The zero-order valence-electron chi connectivity index (χ0n) is 13.6. The zero-order valence-corrected chi connectivity index (χ0v) is 14.4. The maximum atomic E-state index is 12.1. The Labute approximate surface area is 144 Å². The second-order valence-corrected chi connectivity index (χ2v) is 6.93. The van der Waals surface area contributed by atoms with E-state index in [9.17, 15) is 4.79 Å². The first-order valence-corrected chi connectivity index (χ1v) is 8.93. The molecule has 0 bridgehead atoms. The van der Waals surface area contributed by atoms with Crippen molar-refractivity contribution in [3.63, 3.8) is 0 Å². The largest absolute Gasteiger partial charge is 0.369 e. The molecule has 4 rings (SSSR count). The summed E-state index contributed by atoms with van der Waals surface area (Å²) in [5, 5.41) is 1.89. The fraction of sp³-hybridized carbons (Fsp3) is 0.353. The molecule has 0 aliphatic carbocycles. The van der Waals surface area contributed by atoms with Crippen LogP contribution in [0.25, 0.3) is 4.96 Å². The van der Waals surface area contributed by atoms with E-state index in [1.807, 2.05) is 18.5 Å². The van der Waals surface area contributed by atoms with Gasteiger partial charge < -0.3 is 4.90 Å².